The molecule has 0 unspecified atom stereocenters. The van der Waals surface area contributed by atoms with Crippen molar-refractivity contribution < 1.29 is 19.4 Å². The second kappa shape index (κ2) is 7.74. The van der Waals surface area contributed by atoms with Gasteiger partial charge in [0.1, 0.15) is 5.82 Å². The maximum Gasteiger partial charge on any atom is 0.354 e. The smallest absolute Gasteiger partial charge is 0.354 e. The molecule has 1 aromatic heterocycles. The first-order valence-corrected chi connectivity index (χ1v) is 7.33. The van der Waals surface area contributed by atoms with Crippen molar-refractivity contribution in [2.75, 3.05) is 32.1 Å². The molecule has 0 radical (unpaired) electrons. The highest BCUT2D eigenvalue weighted by molar-refractivity contribution is 5.85. The van der Waals surface area contributed by atoms with Gasteiger partial charge in [0.2, 0.25) is 5.91 Å². The number of hydrogen-bond acceptors (Lipinski definition) is 5. The summed E-state index contributed by atoms with van der Waals surface area (Å²) in [6, 6.07) is 5.08. The summed E-state index contributed by atoms with van der Waals surface area (Å²) in [5.41, 5.74) is 0.0252. The van der Waals surface area contributed by atoms with E-state index in [-0.39, 0.29) is 17.6 Å². The van der Waals surface area contributed by atoms with E-state index < -0.39 is 5.97 Å². The fourth-order valence-electron chi connectivity index (χ4n) is 2.46. The van der Waals surface area contributed by atoms with Gasteiger partial charge in [-0.3, -0.25) is 4.79 Å². The van der Waals surface area contributed by atoms with Crippen molar-refractivity contribution in [2.24, 2.45) is 0 Å². The van der Waals surface area contributed by atoms with E-state index in [4.69, 9.17) is 9.84 Å². The summed E-state index contributed by atoms with van der Waals surface area (Å²) in [4.78, 5) is 28.7. The maximum atomic E-state index is 11.9. The third kappa shape index (κ3) is 4.42. The normalized spacial score (nSPS) is 15.6. The van der Waals surface area contributed by atoms with Gasteiger partial charge in [0.15, 0.2) is 5.69 Å². The van der Waals surface area contributed by atoms with E-state index in [9.17, 15) is 9.59 Å². The van der Waals surface area contributed by atoms with E-state index >= 15 is 0 Å². The number of anilines is 1. The number of nitrogens with zero attached hydrogens (tertiary/aromatic N) is 2. The van der Waals surface area contributed by atoms with Gasteiger partial charge in [-0.15, -0.1) is 0 Å². The van der Waals surface area contributed by atoms with Crippen LogP contribution in [0.4, 0.5) is 5.82 Å². The van der Waals surface area contributed by atoms with Crippen molar-refractivity contribution in [1.29, 1.82) is 0 Å². The highest BCUT2D eigenvalue weighted by Crippen LogP contribution is 2.16. The number of ether oxygens (including phenoxy) is 1. The molecule has 1 aliphatic heterocycles. The molecule has 0 atom stereocenters. The lowest BCUT2D eigenvalue weighted by Crippen LogP contribution is -2.42. The number of carboxylic acid groups (broad SMARTS) is 1. The maximum absolute atomic E-state index is 11.9. The van der Waals surface area contributed by atoms with E-state index in [2.05, 4.69) is 10.3 Å². The molecular formula is C15H21N3O4. The Hall–Kier alpha value is -2.15. The molecular weight excluding hydrogens is 286 g/mol. The first-order valence-electron chi connectivity index (χ1n) is 7.33. The highest BCUT2D eigenvalue weighted by Gasteiger charge is 2.22. The highest BCUT2D eigenvalue weighted by atomic mass is 16.5. The molecule has 0 aliphatic carbocycles. The lowest BCUT2D eigenvalue weighted by atomic mass is 10.0. The van der Waals surface area contributed by atoms with Gasteiger partial charge >= 0.3 is 5.97 Å². The number of hydrogen-bond donors (Lipinski definition) is 2. The number of pyridine rings is 1. The van der Waals surface area contributed by atoms with Crippen molar-refractivity contribution in [1.82, 2.24) is 9.88 Å². The largest absolute Gasteiger partial charge is 0.477 e. The van der Waals surface area contributed by atoms with Crippen molar-refractivity contribution in [3.8, 4) is 0 Å². The number of aromatic nitrogens is 1. The predicted octanol–water partition coefficient (Wildman–Crippen LogP) is 1.22. The molecule has 1 aromatic rings. The summed E-state index contributed by atoms with van der Waals surface area (Å²) in [5, 5.41) is 12.2. The van der Waals surface area contributed by atoms with Crippen molar-refractivity contribution in [3.63, 3.8) is 0 Å². The third-order valence-electron chi connectivity index (χ3n) is 3.69. The molecule has 0 bridgehead atoms. The fraction of sp³-hybridized carbons (Fsp3) is 0.533. The van der Waals surface area contributed by atoms with Gasteiger partial charge in [0, 0.05) is 26.2 Å². The second-order valence-corrected chi connectivity index (χ2v) is 5.26. The Kier molecular flexibility index (Phi) is 5.71. The van der Waals surface area contributed by atoms with Gasteiger partial charge in [0.05, 0.1) is 13.0 Å². The van der Waals surface area contributed by atoms with Gasteiger partial charge in [-0.2, -0.15) is 0 Å². The number of carboxylic acids is 1. The van der Waals surface area contributed by atoms with Crippen LogP contribution in [0.3, 0.4) is 0 Å². The molecule has 0 aromatic carbocycles. The van der Waals surface area contributed by atoms with Crippen LogP contribution in [0.25, 0.3) is 0 Å². The van der Waals surface area contributed by atoms with E-state index in [0.29, 0.717) is 31.9 Å². The van der Waals surface area contributed by atoms with Crippen molar-refractivity contribution in [2.45, 2.75) is 25.3 Å². The molecule has 2 N–H and O–H groups in total. The zero-order valence-corrected chi connectivity index (χ0v) is 12.6. The lowest BCUT2D eigenvalue weighted by Gasteiger charge is -2.32. The summed E-state index contributed by atoms with van der Waals surface area (Å²) in [7, 11) is 1.58. The molecule has 1 fully saturated rings. The standard InChI is InChI=1S/C15H21N3O4/c1-22-10-7-14(19)18-8-5-11(6-9-18)16-13-4-2-3-12(17-13)15(20)21/h2-4,11H,5-10H2,1H3,(H,16,17)(H,20,21). The molecule has 120 valence electrons. The number of methoxy groups -OCH3 is 1. The van der Waals surface area contributed by atoms with Crippen molar-refractivity contribution in [3.05, 3.63) is 23.9 Å². The van der Waals surface area contributed by atoms with Crippen LogP contribution in [-0.2, 0) is 9.53 Å². The quantitative estimate of drug-likeness (QED) is 0.821. The van der Waals surface area contributed by atoms with Crippen LogP contribution in [0.5, 0.6) is 0 Å². The summed E-state index contributed by atoms with van der Waals surface area (Å²) in [5.74, 6) is -0.363. The monoisotopic (exact) mass is 307 g/mol. The third-order valence-corrected chi connectivity index (χ3v) is 3.69. The molecule has 22 heavy (non-hydrogen) atoms. The fourth-order valence-corrected chi connectivity index (χ4v) is 2.46. The number of carbonyl (C=O) groups excluding carboxylic acids is 1. The van der Waals surface area contributed by atoms with Gasteiger partial charge in [0.25, 0.3) is 0 Å². The minimum absolute atomic E-state index is 0.0252. The summed E-state index contributed by atoms with van der Waals surface area (Å²) >= 11 is 0. The Bertz CT molecular complexity index is 527. The van der Waals surface area contributed by atoms with E-state index in [0.717, 1.165) is 12.8 Å². The number of nitrogens with one attached hydrogen (secondary N) is 1. The van der Waals surface area contributed by atoms with Crippen LogP contribution in [0.15, 0.2) is 18.2 Å². The first kappa shape index (κ1) is 16.2. The van der Waals surface area contributed by atoms with Gasteiger partial charge in [-0.25, -0.2) is 9.78 Å². The zero-order valence-electron chi connectivity index (χ0n) is 12.6. The van der Waals surface area contributed by atoms with E-state index in [1.807, 2.05) is 4.90 Å². The van der Waals surface area contributed by atoms with Crippen LogP contribution in [0, 0.1) is 0 Å². The van der Waals surface area contributed by atoms with Crippen molar-refractivity contribution >= 4 is 17.7 Å². The molecule has 0 spiro atoms. The van der Waals surface area contributed by atoms with E-state index in [1.165, 1.54) is 6.07 Å². The first-order chi connectivity index (χ1) is 10.6. The molecule has 2 rings (SSSR count). The van der Waals surface area contributed by atoms with Crippen LogP contribution in [0.2, 0.25) is 0 Å². The predicted molar refractivity (Wildman–Crippen MR) is 80.9 cm³/mol. The molecule has 2 heterocycles. The SMILES string of the molecule is COCCC(=O)N1CCC(Nc2cccc(C(=O)O)n2)CC1. The average molecular weight is 307 g/mol. The average Bonchev–Trinajstić information content (AvgIpc) is 2.53. The summed E-state index contributed by atoms with van der Waals surface area (Å²) in [6.45, 7) is 1.83. The summed E-state index contributed by atoms with van der Waals surface area (Å²) in [6.07, 6.45) is 2.05. The van der Waals surface area contributed by atoms with Gasteiger partial charge in [-0.05, 0) is 25.0 Å². The van der Waals surface area contributed by atoms with Gasteiger partial charge < -0.3 is 20.1 Å². The number of likely N-dealkylation sites (tertiary alicyclic amines) is 1. The van der Waals surface area contributed by atoms with Crippen LogP contribution < -0.4 is 5.32 Å². The Labute approximate surface area is 129 Å². The number of aromatic carboxylic acids is 1. The minimum Gasteiger partial charge on any atom is -0.477 e. The van der Waals surface area contributed by atoms with Crippen LogP contribution in [0.1, 0.15) is 29.8 Å². The Morgan fingerprint density at radius 3 is 2.77 bits per heavy atom. The topological polar surface area (TPSA) is 91.8 Å². The van der Waals surface area contributed by atoms with Crippen LogP contribution in [-0.4, -0.2) is 59.7 Å². The number of carbonyl (C=O) groups is 2. The number of amides is 1. The lowest BCUT2D eigenvalue weighted by molar-refractivity contribution is -0.133. The number of piperidine rings is 1. The Morgan fingerprint density at radius 2 is 2.14 bits per heavy atom. The zero-order chi connectivity index (χ0) is 15.9. The van der Waals surface area contributed by atoms with Gasteiger partial charge in [-0.1, -0.05) is 6.07 Å². The second-order valence-electron chi connectivity index (χ2n) is 5.26. The molecule has 7 nitrogen and oxygen atoms in total. The molecule has 0 saturated carbocycles. The minimum atomic E-state index is -1.04. The Balaban J connectivity index is 1.83. The van der Waals surface area contributed by atoms with Crippen LogP contribution >= 0.6 is 0 Å². The molecule has 1 aliphatic rings. The Morgan fingerprint density at radius 1 is 1.41 bits per heavy atom. The molecule has 1 amide bonds. The molecule has 7 heteroatoms. The van der Waals surface area contributed by atoms with E-state index in [1.54, 1.807) is 19.2 Å². The summed E-state index contributed by atoms with van der Waals surface area (Å²) < 4.78 is 4.92. The molecule has 1 saturated heterocycles. The number of rotatable bonds is 6.